The van der Waals surface area contributed by atoms with E-state index in [9.17, 15) is 9.59 Å². The van der Waals surface area contributed by atoms with Crippen LogP contribution in [0.1, 0.15) is 22.3 Å². The summed E-state index contributed by atoms with van der Waals surface area (Å²) in [6.07, 6.45) is 0.296. The van der Waals surface area contributed by atoms with Crippen LogP contribution in [0.15, 0.2) is 89.8 Å². The third kappa shape index (κ3) is 6.28. The Balaban J connectivity index is 1.48. The van der Waals surface area contributed by atoms with Crippen LogP contribution in [0.4, 0.5) is 0 Å². The number of carbonyl (C=O) groups excluding carboxylic acids is 2. The Bertz CT molecular complexity index is 913. The molecule has 3 rings (SSSR count). The van der Waals surface area contributed by atoms with E-state index in [-0.39, 0.29) is 11.9 Å². The van der Waals surface area contributed by atoms with Crippen molar-refractivity contribution in [3.8, 4) is 5.75 Å². The lowest BCUT2D eigenvalue weighted by Gasteiger charge is -2.08. The Morgan fingerprint density at radius 1 is 0.857 bits per heavy atom. The van der Waals surface area contributed by atoms with Gasteiger partial charge in [0.2, 0.25) is 0 Å². The molecule has 4 nitrogen and oxygen atoms in total. The zero-order valence-electron chi connectivity index (χ0n) is 15.3. The van der Waals surface area contributed by atoms with Crippen LogP contribution in [0.2, 0.25) is 0 Å². The lowest BCUT2D eigenvalue weighted by atomic mass is 10.2. The molecule has 142 valence electrons. The average molecular weight is 391 g/mol. The first-order valence-electron chi connectivity index (χ1n) is 9.01. The molecule has 1 N–H and O–H groups in total. The van der Waals surface area contributed by atoms with E-state index in [1.165, 1.54) is 0 Å². The number of rotatable bonds is 8. The van der Waals surface area contributed by atoms with Gasteiger partial charge in [-0.3, -0.25) is 9.59 Å². The number of thioether (sulfide) groups is 1. The summed E-state index contributed by atoms with van der Waals surface area (Å²) in [5.41, 5.74) is 1.48. The van der Waals surface area contributed by atoms with Gasteiger partial charge in [-0.1, -0.05) is 54.6 Å². The Kier molecular flexibility index (Phi) is 7.27. The number of amides is 1. The van der Waals surface area contributed by atoms with Gasteiger partial charge in [-0.05, 0) is 35.9 Å². The third-order valence-corrected chi connectivity index (χ3v) is 4.96. The van der Waals surface area contributed by atoms with Crippen molar-refractivity contribution in [1.82, 2.24) is 5.32 Å². The molecule has 28 heavy (non-hydrogen) atoms. The summed E-state index contributed by atoms with van der Waals surface area (Å²) in [4.78, 5) is 25.5. The maximum atomic E-state index is 12.3. The minimum absolute atomic E-state index is 0.207. The Hall–Kier alpha value is -3.05. The number of hydrogen-bond acceptors (Lipinski definition) is 4. The minimum atomic E-state index is -0.315. The van der Waals surface area contributed by atoms with Crippen LogP contribution >= 0.6 is 11.8 Å². The van der Waals surface area contributed by atoms with Crippen molar-refractivity contribution in [2.24, 2.45) is 0 Å². The summed E-state index contributed by atoms with van der Waals surface area (Å²) in [6, 6.07) is 26.3. The molecular weight excluding hydrogens is 370 g/mol. The fourth-order valence-corrected chi connectivity index (χ4v) is 3.39. The van der Waals surface area contributed by atoms with E-state index >= 15 is 0 Å². The highest BCUT2D eigenvalue weighted by Crippen LogP contribution is 2.19. The van der Waals surface area contributed by atoms with E-state index in [4.69, 9.17) is 4.74 Å². The first-order chi connectivity index (χ1) is 13.7. The zero-order valence-corrected chi connectivity index (χ0v) is 16.2. The molecule has 0 atom stereocenters. The second-order valence-electron chi connectivity index (χ2n) is 6.08. The fraction of sp³-hybridized carbons (Fsp3) is 0.130. The summed E-state index contributed by atoms with van der Waals surface area (Å²) in [5, 5.41) is 2.87. The van der Waals surface area contributed by atoms with Gasteiger partial charge in [0, 0.05) is 22.8 Å². The summed E-state index contributed by atoms with van der Waals surface area (Å²) < 4.78 is 5.37. The minimum Gasteiger partial charge on any atom is -0.426 e. The van der Waals surface area contributed by atoms with E-state index in [2.05, 4.69) is 5.32 Å². The van der Waals surface area contributed by atoms with Crippen molar-refractivity contribution in [1.29, 1.82) is 0 Å². The van der Waals surface area contributed by atoms with Gasteiger partial charge in [-0.15, -0.1) is 11.8 Å². The molecule has 0 heterocycles. The summed E-state index contributed by atoms with van der Waals surface area (Å²) >= 11 is 1.61. The van der Waals surface area contributed by atoms with Crippen molar-refractivity contribution in [3.05, 3.63) is 96.1 Å². The Morgan fingerprint density at radius 2 is 1.57 bits per heavy atom. The lowest BCUT2D eigenvalue weighted by Crippen LogP contribution is -2.22. The molecule has 0 radical (unpaired) electrons. The Labute approximate surface area is 168 Å². The summed E-state index contributed by atoms with van der Waals surface area (Å²) in [5.74, 6) is 0.494. The molecule has 0 aliphatic heterocycles. The molecule has 0 bridgehead atoms. The quantitative estimate of drug-likeness (QED) is 0.343. The van der Waals surface area contributed by atoms with Gasteiger partial charge in [0.1, 0.15) is 5.75 Å². The van der Waals surface area contributed by atoms with Crippen LogP contribution in [0.5, 0.6) is 5.75 Å². The molecule has 0 aliphatic rings. The van der Waals surface area contributed by atoms with Crippen molar-refractivity contribution >= 4 is 23.6 Å². The smallest absolute Gasteiger partial charge is 0.312 e. The standard InChI is InChI=1S/C23H21NO3S/c25-22(14-15-28-21-12-5-2-6-13-21)27-20-11-7-10-19(16-20)23(26)24-17-18-8-3-1-4-9-18/h1-13,16H,14-15,17H2,(H,24,26). The van der Waals surface area contributed by atoms with Gasteiger partial charge < -0.3 is 10.1 Å². The van der Waals surface area contributed by atoms with Crippen molar-refractivity contribution < 1.29 is 14.3 Å². The van der Waals surface area contributed by atoms with Gasteiger partial charge in [0.25, 0.3) is 5.91 Å². The predicted molar refractivity (Wildman–Crippen MR) is 111 cm³/mol. The maximum Gasteiger partial charge on any atom is 0.312 e. The summed E-state index contributed by atoms with van der Waals surface area (Å²) in [6.45, 7) is 0.445. The topological polar surface area (TPSA) is 55.4 Å². The molecule has 1 amide bonds. The van der Waals surface area contributed by atoms with Gasteiger partial charge in [0.15, 0.2) is 0 Å². The molecule has 0 unspecified atom stereocenters. The van der Waals surface area contributed by atoms with E-state index < -0.39 is 0 Å². The summed E-state index contributed by atoms with van der Waals surface area (Å²) in [7, 11) is 0. The highest BCUT2D eigenvalue weighted by atomic mass is 32.2. The third-order valence-electron chi connectivity index (χ3n) is 3.94. The van der Waals surface area contributed by atoms with Gasteiger partial charge >= 0.3 is 5.97 Å². The van der Waals surface area contributed by atoms with Crippen LogP contribution in [0, 0.1) is 0 Å². The number of hydrogen-bond donors (Lipinski definition) is 1. The number of nitrogens with one attached hydrogen (secondary N) is 1. The number of ether oxygens (including phenoxy) is 1. The van der Waals surface area contributed by atoms with Crippen molar-refractivity contribution in [3.63, 3.8) is 0 Å². The number of benzene rings is 3. The normalized spacial score (nSPS) is 10.3. The number of carbonyl (C=O) groups is 2. The second kappa shape index (κ2) is 10.3. The molecule has 3 aromatic rings. The first-order valence-corrected chi connectivity index (χ1v) is 10.00. The highest BCUT2D eigenvalue weighted by molar-refractivity contribution is 7.99. The van der Waals surface area contributed by atoms with Crippen molar-refractivity contribution in [2.45, 2.75) is 17.9 Å². The average Bonchev–Trinajstić information content (AvgIpc) is 2.74. The van der Waals surface area contributed by atoms with E-state index in [1.807, 2.05) is 60.7 Å². The predicted octanol–water partition coefficient (Wildman–Crippen LogP) is 4.70. The molecule has 0 saturated carbocycles. The lowest BCUT2D eigenvalue weighted by molar-refractivity contribution is -0.133. The first kappa shape index (κ1) is 19.7. The molecular formula is C23H21NO3S. The SMILES string of the molecule is O=C(CCSc1ccccc1)Oc1cccc(C(=O)NCc2ccccc2)c1. The monoisotopic (exact) mass is 391 g/mol. The van der Waals surface area contributed by atoms with Crippen LogP contribution in [0.25, 0.3) is 0 Å². The molecule has 0 fully saturated rings. The van der Waals surface area contributed by atoms with Gasteiger partial charge in [-0.2, -0.15) is 0 Å². The van der Waals surface area contributed by atoms with Crippen LogP contribution < -0.4 is 10.1 Å². The van der Waals surface area contributed by atoms with Crippen molar-refractivity contribution in [2.75, 3.05) is 5.75 Å². The molecule has 0 spiro atoms. The van der Waals surface area contributed by atoms with E-state index in [0.717, 1.165) is 10.5 Å². The van der Waals surface area contributed by atoms with Gasteiger partial charge in [0.05, 0.1) is 6.42 Å². The molecule has 0 aromatic heterocycles. The van der Waals surface area contributed by atoms with E-state index in [1.54, 1.807) is 36.0 Å². The van der Waals surface area contributed by atoms with Crippen LogP contribution in [0.3, 0.4) is 0 Å². The van der Waals surface area contributed by atoms with E-state index in [0.29, 0.717) is 30.0 Å². The second-order valence-corrected chi connectivity index (χ2v) is 7.25. The maximum absolute atomic E-state index is 12.3. The molecule has 3 aromatic carbocycles. The molecule has 0 saturated heterocycles. The zero-order chi connectivity index (χ0) is 19.6. The highest BCUT2D eigenvalue weighted by Gasteiger charge is 2.10. The fourth-order valence-electron chi connectivity index (χ4n) is 2.53. The Morgan fingerprint density at radius 3 is 2.32 bits per heavy atom. The van der Waals surface area contributed by atoms with Gasteiger partial charge in [-0.25, -0.2) is 0 Å². The van der Waals surface area contributed by atoms with Crippen LogP contribution in [-0.2, 0) is 11.3 Å². The largest absolute Gasteiger partial charge is 0.426 e. The van der Waals surface area contributed by atoms with Crippen LogP contribution in [-0.4, -0.2) is 17.6 Å². The number of esters is 1. The molecule has 5 heteroatoms. The molecule has 0 aliphatic carbocycles.